The highest BCUT2D eigenvalue weighted by atomic mass is 35.5. The van der Waals surface area contributed by atoms with Crippen molar-refractivity contribution in [1.29, 1.82) is 0 Å². The normalized spacial score (nSPS) is 13.4. The van der Waals surface area contributed by atoms with Gasteiger partial charge in [0.15, 0.2) is 0 Å². The third-order valence-electron chi connectivity index (χ3n) is 3.14. The first-order valence-corrected chi connectivity index (χ1v) is 7.10. The van der Waals surface area contributed by atoms with Gasteiger partial charge in [-0.1, -0.05) is 0 Å². The van der Waals surface area contributed by atoms with Crippen LogP contribution in [0.15, 0.2) is 24.3 Å². The summed E-state index contributed by atoms with van der Waals surface area (Å²) in [6.45, 7) is 2.42. The van der Waals surface area contributed by atoms with E-state index in [-0.39, 0.29) is 24.1 Å². The average molecular weight is 317 g/mol. The van der Waals surface area contributed by atoms with Crippen LogP contribution in [0.25, 0.3) is 0 Å². The summed E-state index contributed by atoms with van der Waals surface area (Å²) in [5, 5.41) is 5.97. The molecular formula is C15H22ClFN2O2. The van der Waals surface area contributed by atoms with E-state index < -0.39 is 0 Å². The lowest BCUT2D eigenvalue weighted by atomic mass is 10.3. The maximum absolute atomic E-state index is 12.7. The highest BCUT2D eigenvalue weighted by molar-refractivity contribution is 5.85. The van der Waals surface area contributed by atoms with Crippen LogP contribution in [0.3, 0.4) is 0 Å². The molecule has 1 fully saturated rings. The summed E-state index contributed by atoms with van der Waals surface area (Å²) in [6.07, 6.45) is 3.30. The van der Waals surface area contributed by atoms with E-state index in [0.717, 1.165) is 18.9 Å². The highest BCUT2D eigenvalue weighted by Gasteiger charge is 2.20. The van der Waals surface area contributed by atoms with Gasteiger partial charge in [-0.2, -0.15) is 0 Å². The first-order chi connectivity index (χ1) is 9.74. The van der Waals surface area contributed by atoms with E-state index in [2.05, 4.69) is 10.6 Å². The van der Waals surface area contributed by atoms with Gasteiger partial charge in [0.25, 0.3) is 0 Å². The molecular weight excluding hydrogens is 295 g/mol. The van der Waals surface area contributed by atoms with Gasteiger partial charge in [-0.25, -0.2) is 4.39 Å². The molecule has 1 aliphatic rings. The molecule has 2 rings (SSSR count). The van der Waals surface area contributed by atoms with Gasteiger partial charge in [0.1, 0.15) is 11.6 Å². The maximum Gasteiger partial charge on any atom is 0.233 e. The van der Waals surface area contributed by atoms with Crippen LogP contribution in [0.1, 0.15) is 19.3 Å². The fourth-order valence-corrected chi connectivity index (χ4v) is 1.80. The van der Waals surface area contributed by atoms with Gasteiger partial charge in [-0.3, -0.25) is 4.79 Å². The molecule has 2 N–H and O–H groups in total. The van der Waals surface area contributed by atoms with Gasteiger partial charge in [0, 0.05) is 6.54 Å². The number of carbonyl (C=O) groups is 1. The molecule has 0 saturated heterocycles. The molecule has 0 radical (unpaired) electrons. The molecule has 0 spiro atoms. The Balaban J connectivity index is 0.00000220. The Morgan fingerprint density at radius 3 is 2.67 bits per heavy atom. The lowest BCUT2D eigenvalue weighted by Gasteiger charge is -2.08. The zero-order chi connectivity index (χ0) is 14.2. The van der Waals surface area contributed by atoms with Gasteiger partial charge in [0.2, 0.25) is 5.91 Å². The lowest BCUT2D eigenvalue weighted by molar-refractivity contribution is -0.120. The van der Waals surface area contributed by atoms with Crippen molar-refractivity contribution >= 4 is 18.3 Å². The predicted molar refractivity (Wildman–Crippen MR) is 82.4 cm³/mol. The van der Waals surface area contributed by atoms with Crippen molar-refractivity contribution in [2.24, 2.45) is 5.92 Å². The number of hydrogen-bond acceptors (Lipinski definition) is 3. The molecule has 6 heteroatoms. The van der Waals surface area contributed by atoms with Gasteiger partial charge in [-0.05, 0) is 56.0 Å². The number of ether oxygens (including phenoxy) is 1. The first-order valence-electron chi connectivity index (χ1n) is 7.10. The van der Waals surface area contributed by atoms with Crippen LogP contribution in [0, 0.1) is 11.7 Å². The lowest BCUT2D eigenvalue weighted by Crippen LogP contribution is -2.35. The third kappa shape index (κ3) is 7.87. The van der Waals surface area contributed by atoms with Crippen molar-refractivity contribution in [3.63, 3.8) is 0 Å². The zero-order valence-electron chi connectivity index (χ0n) is 11.9. The van der Waals surface area contributed by atoms with Crippen LogP contribution in [0.2, 0.25) is 0 Å². The molecule has 0 aromatic heterocycles. The standard InChI is InChI=1S/C15H21FN2O2.ClH/c16-13-4-6-14(7-5-13)20-9-1-8-18-15(19)11-17-10-12-2-3-12;/h4-7,12,17H,1-3,8-11H2,(H,18,19);1H. The van der Waals surface area contributed by atoms with Crippen LogP contribution < -0.4 is 15.4 Å². The molecule has 0 heterocycles. The van der Waals surface area contributed by atoms with Crippen molar-refractivity contribution in [1.82, 2.24) is 10.6 Å². The molecule has 1 aromatic rings. The summed E-state index contributed by atoms with van der Waals surface area (Å²) in [5.74, 6) is 1.17. The molecule has 21 heavy (non-hydrogen) atoms. The highest BCUT2D eigenvalue weighted by Crippen LogP contribution is 2.27. The maximum atomic E-state index is 12.7. The van der Waals surface area contributed by atoms with Crippen LogP contribution >= 0.6 is 12.4 Å². The molecule has 1 aromatic carbocycles. The number of nitrogens with one attached hydrogen (secondary N) is 2. The second-order valence-electron chi connectivity index (χ2n) is 5.08. The summed E-state index contributed by atoms with van der Waals surface area (Å²) < 4.78 is 18.1. The Bertz CT molecular complexity index is 424. The minimum atomic E-state index is -0.275. The van der Waals surface area contributed by atoms with Crippen LogP contribution in [0.5, 0.6) is 5.75 Å². The quantitative estimate of drug-likeness (QED) is 0.686. The number of carbonyl (C=O) groups excluding carboxylic acids is 1. The Labute approximate surface area is 130 Å². The Kier molecular flexibility index (Phi) is 8.08. The van der Waals surface area contributed by atoms with Crippen LogP contribution in [0.4, 0.5) is 4.39 Å². The minimum Gasteiger partial charge on any atom is -0.494 e. The number of amides is 1. The number of rotatable bonds is 9. The van der Waals surface area contributed by atoms with Crippen molar-refractivity contribution in [2.75, 3.05) is 26.2 Å². The van der Waals surface area contributed by atoms with E-state index in [4.69, 9.17) is 4.74 Å². The van der Waals surface area contributed by atoms with Gasteiger partial charge in [-0.15, -0.1) is 12.4 Å². The molecule has 4 nitrogen and oxygen atoms in total. The van der Waals surface area contributed by atoms with Crippen molar-refractivity contribution in [2.45, 2.75) is 19.3 Å². The first kappa shape index (κ1) is 17.7. The van der Waals surface area contributed by atoms with E-state index in [9.17, 15) is 9.18 Å². The molecule has 1 aliphatic carbocycles. The molecule has 0 aliphatic heterocycles. The van der Waals surface area contributed by atoms with E-state index >= 15 is 0 Å². The fraction of sp³-hybridized carbons (Fsp3) is 0.533. The van der Waals surface area contributed by atoms with E-state index in [0.29, 0.717) is 25.4 Å². The number of benzene rings is 1. The van der Waals surface area contributed by atoms with Gasteiger partial charge >= 0.3 is 0 Å². The predicted octanol–water partition coefficient (Wildman–Crippen LogP) is 2.13. The van der Waals surface area contributed by atoms with Crippen molar-refractivity contribution < 1.29 is 13.9 Å². The van der Waals surface area contributed by atoms with E-state index in [1.54, 1.807) is 12.1 Å². The largest absolute Gasteiger partial charge is 0.494 e. The molecule has 0 bridgehead atoms. The molecule has 0 atom stereocenters. The topological polar surface area (TPSA) is 50.4 Å². The Hall–Kier alpha value is -1.33. The summed E-state index contributed by atoms with van der Waals surface area (Å²) in [4.78, 5) is 11.5. The number of halogens is 2. The monoisotopic (exact) mass is 316 g/mol. The van der Waals surface area contributed by atoms with Crippen molar-refractivity contribution in [3.8, 4) is 5.75 Å². The second-order valence-corrected chi connectivity index (χ2v) is 5.08. The molecule has 118 valence electrons. The van der Waals surface area contributed by atoms with Gasteiger partial charge in [0.05, 0.1) is 13.2 Å². The molecule has 0 unspecified atom stereocenters. The SMILES string of the molecule is Cl.O=C(CNCC1CC1)NCCCOc1ccc(F)cc1. The van der Waals surface area contributed by atoms with Crippen LogP contribution in [-0.2, 0) is 4.79 Å². The summed E-state index contributed by atoms with van der Waals surface area (Å²) in [7, 11) is 0. The van der Waals surface area contributed by atoms with Crippen molar-refractivity contribution in [3.05, 3.63) is 30.1 Å². The summed E-state index contributed by atoms with van der Waals surface area (Å²) >= 11 is 0. The molecule has 1 amide bonds. The third-order valence-corrected chi connectivity index (χ3v) is 3.14. The Morgan fingerprint density at radius 2 is 2.00 bits per heavy atom. The minimum absolute atomic E-state index is 0. The smallest absolute Gasteiger partial charge is 0.233 e. The zero-order valence-corrected chi connectivity index (χ0v) is 12.8. The second kappa shape index (κ2) is 9.58. The average Bonchev–Trinajstić information content (AvgIpc) is 3.25. The van der Waals surface area contributed by atoms with E-state index in [1.165, 1.54) is 25.0 Å². The van der Waals surface area contributed by atoms with Crippen LogP contribution in [-0.4, -0.2) is 32.1 Å². The number of hydrogen-bond donors (Lipinski definition) is 2. The van der Waals surface area contributed by atoms with E-state index in [1.807, 2.05) is 0 Å². The Morgan fingerprint density at radius 1 is 1.29 bits per heavy atom. The fourth-order valence-electron chi connectivity index (χ4n) is 1.80. The van der Waals surface area contributed by atoms with Gasteiger partial charge < -0.3 is 15.4 Å². The summed E-state index contributed by atoms with van der Waals surface area (Å²) in [6, 6.07) is 5.91. The molecule has 1 saturated carbocycles. The summed E-state index contributed by atoms with van der Waals surface area (Å²) in [5.41, 5.74) is 0.